The van der Waals surface area contributed by atoms with Gasteiger partial charge in [-0.25, -0.2) is 0 Å². The summed E-state index contributed by atoms with van der Waals surface area (Å²) in [7, 11) is 0. The van der Waals surface area contributed by atoms with Gasteiger partial charge in [0.2, 0.25) is 0 Å². The molecule has 0 saturated carbocycles. The minimum absolute atomic E-state index is 0.0933. The fourth-order valence-electron chi connectivity index (χ4n) is 2.37. The second-order valence-electron chi connectivity index (χ2n) is 4.72. The number of hydrogen-bond acceptors (Lipinski definition) is 3. The standard InChI is InChI=1S/C15H14ClNO2/c16-10-3-6-14-12(7-10)13(17)8-15(19-14)9-1-4-11(18)5-2-9/h1-7,13,15,18H,8,17H2/t13-,15?/m0/s1. The highest BCUT2D eigenvalue weighted by Gasteiger charge is 2.27. The Labute approximate surface area is 116 Å². The van der Waals surface area contributed by atoms with Crippen molar-refractivity contribution in [3.05, 3.63) is 58.6 Å². The zero-order valence-corrected chi connectivity index (χ0v) is 11.0. The molecule has 2 atom stereocenters. The third-order valence-electron chi connectivity index (χ3n) is 3.37. The summed E-state index contributed by atoms with van der Waals surface area (Å²) in [4.78, 5) is 0. The van der Waals surface area contributed by atoms with Crippen LogP contribution in [-0.2, 0) is 0 Å². The Morgan fingerprint density at radius 1 is 1.16 bits per heavy atom. The minimum Gasteiger partial charge on any atom is -0.508 e. The van der Waals surface area contributed by atoms with Gasteiger partial charge in [0.25, 0.3) is 0 Å². The number of halogens is 1. The summed E-state index contributed by atoms with van der Waals surface area (Å²) in [5, 5.41) is 9.98. The van der Waals surface area contributed by atoms with E-state index < -0.39 is 0 Å². The molecule has 2 aromatic carbocycles. The Balaban J connectivity index is 1.92. The molecule has 3 N–H and O–H groups in total. The van der Waals surface area contributed by atoms with Gasteiger partial charge < -0.3 is 15.6 Å². The maximum absolute atomic E-state index is 9.32. The van der Waals surface area contributed by atoms with Crippen molar-refractivity contribution in [1.29, 1.82) is 0 Å². The summed E-state index contributed by atoms with van der Waals surface area (Å²) in [6, 6.07) is 12.4. The minimum atomic E-state index is -0.0961. The van der Waals surface area contributed by atoms with Gasteiger partial charge in [-0.15, -0.1) is 0 Å². The highest BCUT2D eigenvalue weighted by atomic mass is 35.5. The molecule has 1 aliphatic heterocycles. The van der Waals surface area contributed by atoms with E-state index in [0.29, 0.717) is 11.4 Å². The van der Waals surface area contributed by atoms with E-state index in [9.17, 15) is 5.11 Å². The van der Waals surface area contributed by atoms with Crippen LogP contribution < -0.4 is 10.5 Å². The molecule has 3 nitrogen and oxygen atoms in total. The van der Waals surface area contributed by atoms with Crippen molar-refractivity contribution in [1.82, 2.24) is 0 Å². The molecule has 0 radical (unpaired) electrons. The number of benzene rings is 2. The second-order valence-corrected chi connectivity index (χ2v) is 5.16. The molecule has 0 aromatic heterocycles. The molecule has 98 valence electrons. The zero-order valence-electron chi connectivity index (χ0n) is 10.2. The van der Waals surface area contributed by atoms with Gasteiger partial charge in [0.15, 0.2) is 0 Å². The molecule has 1 aliphatic rings. The maximum atomic E-state index is 9.32. The normalized spacial score (nSPS) is 21.6. The van der Waals surface area contributed by atoms with Crippen LogP contribution in [0.25, 0.3) is 0 Å². The van der Waals surface area contributed by atoms with Crippen molar-refractivity contribution >= 4 is 11.6 Å². The number of ether oxygens (including phenoxy) is 1. The Kier molecular flexibility index (Phi) is 3.09. The quantitative estimate of drug-likeness (QED) is 0.836. The molecular weight excluding hydrogens is 262 g/mol. The van der Waals surface area contributed by atoms with Crippen molar-refractivity contribution < 1.29 is 9.84 Å². The topological polar surface area (TPSA) is 55.5 Å². The van der Waals surface area contributed by atoms with Crippen LogP contribution in [0.5, 0.6) is 11.5 Å². The number of phenols is 1. The summed E-state index contributed by atoms with van der Waals surface area (Å²) >= 11 is 5.97. The van der Waals surface area contributed by atoms with Crippen LogP contribution in [0.15, 0.2) is 42.5 Å². The average Bonchev–Trinajstić information content (AvgIpc) is 2.40. The summed E-state index contributed by atoms with van der Waals surface area (Å²) in [5.74, 6) is 1.03. The molecule has 0 spiro atoms. The Morgan fingerprint density at radius 2 is 1.89 bits per heavy atom. The SMILES string of the molecule is N[C@H]1CC(c2ccc(O)cc2)Oc2ccc(Cl)cc21. The maximum Gasteiger partial charge on any atom is 0.126 e. The highest BCUT2D eigenvalue weighted by Crippen LogP contribution is 2.40. The monoisotopic (exact) mass is 275 g/mol. The van der Waals surface area contributed by atoms with Crippen LogP contribution in [0.1, 0.15) is 29.7 Å². The van der Waals surface area contributed by atoms with Crippen molar-refractivity contribution in [2.45, 2.75) is 18.6 Å². The van der Waals surface area contributed by atoms with E-state index in [0.717, 1.165) is 16.9 Å². The first-order valence-electron chi connectivity index (χ1n) is 6.14. The Bertz CT molecular complexity index is 598. The van der Waals surface area contributed by atoms with Crippen LogP contribution in [0, 0.1) is 0 Å². The molecule has 19 heavy (non-hydrogen) atoms. The lowest BCUT2D eigenvalue weighted by Gasteiger charge is -2.30. The largest absolute Gasteiger partial charge is 0.508 e. The third kappa shape index (κ3) is 2.39. The fraction of sp³-hybridized carbons (Fsp3) is 0.200. The van der Waals surface area contributed by atoms with Gasteiger partial charge in [0.1, 0.15) is 17.6 Å². The lowest BCUT2D eigenvalue weighted by molar-refractivity contribution is 0.161. The predicted octanol–water partition coefficient (Wildman–Crippen LogP) is 3.57. The molecule has 0 fully saturated rings. The van der Waals surface area contributed by atoms with Gasteiger partial charge in [-0.2, -0.15) is 0 Å². The first-order valence-corrected chi connectivity index (χ1v) is 6.52. The summed E-state index contributed by atoms with van der Waals surface area (Å²) in [6.07, 6.45) is 0.599. The van der Waals surface area contributed by atoms with Gasteiger partial charge in [-0.3, -0.25) is 0 Å². The van der Waals surface area contributed by atoms with E-state index >= 15 is 0 Å². The number of aromatic hydroxyl groups is 1. The molecule has 1 unspecified atom stereocenters. The lowest BCUT2D eigenvalue weighted by atomic mass is 9.93. The Morgan fingerprint density at radius 3 is 2.63 bits per heavy atom. The van der Waals surface area contributed by atoms with Gasteiger partial charge in [-0.1, -0.05) is 23.7 Å². The van der Waals surface area contributed by atoms with Crippen LogP contribution >= 0.6 is 11.6 Å². The molecule has 2 aromatic rings. The van der Waals surface area contributed by atoms with E-state index in [2.05, 4.69) is 0 Å². The predicted molar refractivity (Wildman–Crippen MR) is 74.5 cm³/mol. The Hall–Kier alpha value is -1.71. The molecule has 0 amide bonds. The van der Waals surface area contributed by atoms with Crippen LogP contribution in [0.3, 0.4) is 0 Å². The van der Waals surface area contributed by atoms with E-state index in [1.807, 2.05) is 24.3 Å². The number of rotatable bonds is 1. The van der Waals surface area contributed by atoms with Crippen LogP contribution in [0.2, 0.25) is 5.02 Å². The number of nitrogens with two attached hydrogens (primary N) is 1. The van der Waals surface area contributed by atoms with E-state index in [-0.39, 0.29) is 17.9 Å². The fourth-order valence-corrected chi connectivity index (χ4v) is 2.55. The summed E-state index contributed by atoms with van der Waals surface area (Å²) in [5.41, 5.74) is 8.14. The summed E-state index contributed by atoms with van der Waals surface area (Å²) in [6.45, 7) is 0. The zero-order chi connectivity index (χ0) is 13.4. The van der Waals surface area contributed by atoms with Crippen molar-refractivity contribution in [2.75, 3.05) is 0 Å². The van der Waals surface area contributed by atoms with E-state index in [1.54, 1.807) is 18.2 Å². The van der Waals surface area contributed by atoms with E-state index in [1.165, 1.54) is 0 Å². The smallest absolute Gasteiger partial charge is 0.126 e. The van der Waals surface area contributed by atoms with Crippen molar-refractivity contribution in [3.8, 4) is 11.5 Å². The first-order chi connectivity index (χ1) is 9.13. The molecule has 0 bridgehead atoms. The number of fused-ring (bicyclic) bond motifs is 1. The molecular formula is C15H14ClNO2. The van der Waals surface area contributed by atoms with Gasteiger partial charge in [0, 0.05) is 23.0 Å². The first kappa shape index (κ1) is 12.3. The third-order valence-corrected chi connectivity index (χ3v) is 3.61. The van der Waals surface area contributed by atoms with Gasteiger partial charge >= 0.3 is 0 Å². The molecule has 0 saturated heterocycles. The van der Waals surface area contributed by atoms with Crippen molar-refractivity contribution in [3.63, 3.8) is 0 Å². The van der Waals surface area contributed by atoms with Crippen LogP contribution in [0.4, 0.5) is 0 Å². The molecule has 3 rings (SSSR count). The lowest BCUT2D eigenvalue weighted by Crippen LogP contribution is -2.24. The highest BCUT2D eigenvalue weighted by molar-refractivity contribution is 6.30. The molecule has 0 aliphatic carbocycles. The second kappa shape index (κ2) is 4.76. The molecule has 1 heterocycles. The molecule has 4 heteroatoms. The van der Waals surface area contributed by atoms with Crippen molar-refractivity contribution in [2.24, 2.45) is 5.73 Å². The average molecular weight is 276 g/mol. The van der Waals surface area contributed by atoms with E-state index in [4.69, 9.17) is 22.1 Å². The number of hydrogen-bond donors (Lipinski definition) is 2. The summed E-state index contributed by atoms with van der Waals surface area (Å²) < 4.78 is 5.96. The number of phenolic OH excluding ortho intramolecular Hbond substituents is 1. The van der Waals surface area contributed by atoms with Gasteiger partial charge in [0.05, 0.1) is 0 Å². The van der Waals surface area contributed by atoms with Crippen LogP contribution in [-0.4, -0.2) is 5.11 Å². The van der Waals surface area contributed by atoms with Gasteiger partial charge in [-0.05, 0) is 35.9 Å².